The number of nitrogens with one attached hydrogen (secondary N) is 2. The molecule has 3 rings (SSSR count). The van der Waals surface area contributed by atoms with Gasteiger partial charge in [0.2, 0.25) is 22.1 Å². The first-order valence-electron chi connectivity index (χ1n) is 7.79. The molecular formula is C16H16N6O2S2. The summed E-state index contributed by atoms with van der Waals surface area (Å²) in [4.78, 5) is 24.9. The number of hydrogen-bond acceptors (Lipinski definition) is 8. The number of carbonyl (C=O) groups excluding carboxylic acids is 2. The van der Waals surface area contributed by atoms with Crippen molar-refractivity contribution < 1.29 is 9.59 Å². The third-order valence-electron chi connectivity index (χ3n) is 3.60. The van der Waals surface area contributed by atoms with Gasteiger partial charge in [0.1, 0.15) is 11.0 Å². The molecule has 1 atom stereocenters. The van der Waals surface area contributed by atoms with Crippen molar-refractivity contribution in [3.63, 3.8) is 0 Å². The first kappa shape index (κ1) is 18.1. The van der Waals surface area contributed by atoms with Gasteiger partial charge < -0.3 is 10.6 Å². The van der Waals surface area contributed by atoms with E-state index in [9.17, 15) is 9.59 Å². The lowest BCUT2D eigenvalue weighted by Gasteiger charge is -2.15. The zero-order valence-electron chi connectivity index (χ0n) is 13.9. The van der Waals surface area contributed by atoms with Crippen LogP contribution in [0.5, 0.6) is 0 Å². The van der Waals surface area contributed by atoms with Crippen molar-refractivity contribution in [3.8, 4) is 0 Å². The molecule has 2 heterocycles. The number of aromatic nitrogens is 4. The van der Waals surface area contributed by atoms with Crippen LogP contribution in [-0.4, -0.2) is 32.2 Å². The number of rotatable bonds is 7. The topological polar surface area (TPSA) is 110 Å². The van der Waals surface area contributed by atoms with Crippen molar-refractivity contribution in [2.24, 2.45) is 5.92 Å². The normalized spacial score (nSPS) is 11.7. The summed E-state index contributed by atoms with van der Waals surface area (Å²) in [5.41, 5.74) is 5.18. The van der Waals surface area contributed by atoms with Gasteiger partial charge in [-0.05, 0) is 18.9 Å². The van der Waals surface area contributed by atoms with Gasteiger partial charge in [0.05, 0.1) is 5.92 Å². The van der Waals surface area contributed by atoms with E-state index in [1.165, 1.54) is 33.7 Å². The van der Waals surface area contributed by atoms with Gasteiger partial charge in [0, 0.05) is 6.42 Å². The van der Waals surface area contributed by atoms with E-state index < -0.39 is 5.92 Å². The lowest BCUT2D eigenvalue weighted by Crippen LogP contribution is -2.29. The monoisotopic (exact) mass is 388 g/mol. The van der Waals surface area contributed by atoms with E-state index in [1.54, 1.807) is 0 Å². The molecule has 2 amide bonds. The first-order valence-corrected chi connectivity index (χ1v) is 9.54. The molecule has 0 fully saturated rings. The molecule has 1 aromatic carbocycles. The highest BCUT2D eigenvalue weighted by atomic mass is 32.1. The van der Waals surface area contributed by atoms with Crippen LogP contribution >= 0.6 is 22.7 Å². The van der Waals surface area contributed by atoms with E-state index in [4.69, 9.17) is 0 Å². The Balaban J connectivity index is 1.70. The third kappa shape index (κ3) is 5.14. The third-order valence-corrected chi connectivity index (χ3v) is 4.82. The molecule has 0 aliphatic carbocycles. The van der Waals surface area contributed by atoms with Crippen LogP contribution in [0, 0.1) is 12.8 Å². The number of benzene rings is 1. The quantitative estimate of drug-likeness (QED) is 0.644. The Hall–Kier alpha value is -2.72. The molecule has 0 bridgehead atoms. The molecule has 0 spiro atoms. The Morgan fingerprint density at radius 3 is 2.19 bits per heavy atom. The fraction of sp³-hybridized carbons (Fsp3) is 0.250. The Labute approximate surface area is 157 Å². The zero-order chi connectivity index (χ0) is 18.4. The van der Waals surface area contributed by atoms with E-state index in [-0.39, 0.29) is 18.2 Å². The molecule has 8 nitrogen and oxygen atoms in total. The fourth-order valence-corrected chi connectivity index (χ4v) is 3.23. The Bertz CT molecular complexity index is 850. The Morgan fingerprint density at radius 2 is 1.62 bits per heavy atom. The largest absolute Gasteiger partial charge is 0.301 e. The predicted octanol–water partition coefficient (Wildman–Crippen LogP) is 2.52. The molecule has 134 valence electrons. The van der Waals surface area contributed by atoms with Gasteiger partial charge in [-0.1, -0.05) is 52.5 Å². The van der Waals surface area contributed by atoms with Crippen molar-refractivity contribution in [1.82, 2.24) is 20.4 Å². The molecule has 26 heavy (non-hydrogen) atoms. The summed E-state index contributed by atoms with van der Waals surface area (Å²) < 4.78 is 0. The van der Waals surface area contributed by atoms with Gasteiger partial charge in [-0.25, -0.2) is 0 Å². The van der Waals surface area contributed by atoms with Gasteiger partial charge in [-0.15, -0.1) is 20.4 Å². The number of aryl methyl sites for hydroxylation is 1. The van der Waals surface area contributed by atoms with Crippen molar-refractivity contribution in [1.29, 1.82) is 0 Å². The van der Waals surface area contributed by atoms with Crippen LogP contribution in [0.25, 0.3) is 0 Å². The van der Waals surface area contributed by atoms with E-state index in [2.05, 4.69) is 31.0 Å². The van der Waals surface area contributed by atoms with E-state index >= 15 is 0 Å². The van der Waals surface area contributed by atoms with Crippen LogP contribution in [0.3, 0.4) is 0 Å². The average molecular weight is 388 g/mol. The summed E-state index contributed by atoms with van der Waals surface area (Å²) >= 11 is 2.45. The maximum Gasteiger partial charge on any atom is 0.230 e. The van der Waals surface area contributed by atoms with E-state index in [0.29, 0.717) is 16.7 Å². The number of nitrogens with zero attached hydrogens (tertiary/aromatic N) is 4. The number of amides is 2. The zero-order valence-corrected chi connectivity index (χ0v) is 15.5. The van der Waals surface area contributed by atoms with Gasteiger partial charge in [-0.2, -0.15) is 0 Å². The Morgan fingerprint density at radius 1 is 1.00 bits per heavy atom. The molecular weight excluding hydrogens is 372 g/mol. The predicted molar refractivity (Wildman–Crippen MR) is 100 cm³/mol. The van der Waals surface area contributed by atoms with Crippen molar-refractivity contribution in [2.45, 2.75) is 19.8 Å². The summed E-state index contributed by atoms with van der Waals surface area (Å²) in [5.74, 6) is -1.10. The molecule has 0 aliphatic heterocycles. The highest BCUT2D eigenvalue weighted by Gasteiger charge is 2.24. The van der Waals surface area contributed by atoms with Crippen LogP contribution in [-0.2, 0) is 16.0 Å². The SMILES string of the molecule is Cc1ccc(C[C@H](CC(=O)Nc2nncs2)C(=O)Nc2nncs2)cc1. The molecule has 10 heteroatoms. The summed E-state index contributed by atoms with van der Waals surface area (Å²) in [6, 6.07) is 7.89. The average Bonchev–Trinajstić information content (AvgIpc) is 3.30. The summed E-state index contributed by atoms with van der Waals surface area (Å²) in [6.07, 6.45) is 0.465. The minimum atomic E-state index is -0.547. The van der Waals surface area contributed by atoms with Gasteiger partial charge in [0.25, 0.3) is 0 Å². The lowest BCUT2D eigenvalue weighted by molar-refractivity contribution is -0.124. The number of anilines is 2. The first-order chi connectivity index (χ1) is 12.6. The second-order valence-corrected chi connectivity index (χ2v) is 7.28. The minimum Gasteiger partial charge on any atom is -0.301 e. The Kier molecular flexibility index (Phi) is 5.97. The maximum absolute atomic E-state index is 12.6. The fourth-order valence-electron chi connectivity index (χ4n) is 2.32. The number of carbonyl (C=O) groups is 2. The van der Waals surface area contributed by atoms with Crippen LogP contribution in [0.4, 0.5) is 10.3 Å². The molecule has 2 aromatic heterocycles. The maximum atomic E-state index is 12.6. The van der Waals surface area contributed by atoms with Crippen molar-refractivity contribution >= 4 is 44.8 Å². The molecule has 0 aliphatic rings. The summed E-state index contributed by atoms with van der Waals surface area (Å²) in [6.45, 7) is 2.00. The van der Waals surface area contributed by atoms with Gasteiger partial charge in [-0.3, -0.25) is 9.59 Å². The van der Waals surface area contributed by atoms with Crippen LogP contribution in [0.1, 0.15) is 17.5 Å². The number of hydrogen-bond donors (Lipinski definition) is 2. The molecule has 2 N–H and O–H groups in total. The van der Waals surface area contributed by atoms with Crippen LogP contribution in [0.15, 0.2) is 35.3 Å². The smallest absolute Gasteiger partial charge is 0.230 e. The second kappa shape index (κ2) is 8.59. The molecule has 0 radical (unpaired) electrons. The summed E-state index contributed by atoms with van der Waals surface area (Å²) in [5, 5.41) is 21.2. The van der Waals surface area contributed by atoms with Crippen molar-refractivity contribution in [2.75, 3.05) is 10.6 Å². The van der Waals surface area contributed by atoms with Crippen LogP contribution in [0.2, 0.25) is 0 Å². The van der Waals surface area contributed by atoms with E-state index in [1.807, 2.05) is 31.2 Å². The standard InChI is InChI=1S/C16H16N6O2S2/c1-10-2-4-11(5-3-10)6-12(14(24)20-16-22-18-9-26-16)7-13(23)19-15-21-17-8-25-15/h2-5,8-9,12H,6-7H2,1H3,(H,19,21,23)(H,20,22,24)/t12-/m1/s1. The highest BCUT2D eigenvalue weighted by molar-refractivity contribution is 7.13. The van der Waals surface area contributed by atoms with E-state index in [0.717, 1.165) is 11.1 Å². The molecule has 0 saturated carbocycles. The van der Waals surface area contributed by atoms with Gasteiger partial charge in [0.15, 0.2) is 0 Å². The van der Waals surface area contributed by atoms with Crippen LogP contribution < -0.4 is 10.6 Å². The lowest BCUT2D eigenvalue weighted by atomic mass is 9.94. The highest BCUT2D eigenvalue weighted by Crippen LogP contribution is 2.19. The van der Waals surface area contributed by atoms with Gasteiger partial charge >= 0.3 is 0 Å². The molecule has 0 saturated heterocycles. The minimum absolute atomic E-state index is 0.0259. The molecule has 3 aromatic rings. The molecule has 0 unspecified atom stereocenters. The van der Waals surface area contributed by atoms with Crippen molar-refractivity contribution in [3.05, 3.63) is 46.4 Å². The summed E-state index contributed by atoms with van der Waals surface area (Å²) in [7, 11) is 0. The second-order valence-electron chi connectivity index (χ2n) is 5.62.